The fourth-order valence-corrected chi connectivity index (χ4v) is 2.88. The highest BCUT2D eigenvalue weighted by molar-refractivity contribution is 9.10. The second-order valence-electron chi connectivity index (χ2n) is 6.59. The molecule has 2 unspecified atom stereocenters. The summed E-state index contributed by atoms with van der Waals surface area (Å²) < 4.78 is 20.2. The predicted molar refractivity (Wildman–Crippen MR) is 84.5 cm³/mol. The average molecular weight is 344 g/mol. The molecular weight excluding hydrogens is 321 g/mol. The quantitative estimate of drug-likeness (QED) is 0.825. The first kappa shape index (κ1) is 15.8. The Bertz CT molecular complexity index is 476. The Hall–Kier alpha value is -0.610. The summed E-state index contributed by atoms with van der Waals surface area (Å²) >= 11 is 3.45. The van der Waals surface area contributed by atoms with Gasteiger partial charge in [-0.3, -0.25) is 0 Å². The number of benzene rings is 1. The van der Waals surface area contributed by atoms with Gasteiger partial charge in [0.2, 0.25) is 0 Å². The molecule has 0 spiro atoms. The summed E-state index contributed by atoms with van der Waals surface area (Å²) in [5, 5.41) is 3.43. The molecule has 2 rings (SSSR count). The van der Waals surface area contributed by atoms with E-state index in [2.05, 4.69) is 48.9 Å². The van der Waals surface area contributed by atoms with Gasteiger partial charge in [0.15, 0.2) is 0 Å². The molecule has 0 aliphatic heterocycles. The van der Waals surface area contributed by atoms with Gasteiger partial charge in [0.05, 0.1) is 11.8 Å². The van der Waals surface area contributed by atoms with Crippen LogP contribution in [0.5, 0.6) is 0 Å². The molecule has 2 nitrogen and oxygen atoms in total. The molecule has 0 radical (unpaired) electrons. The zero-order valence-corrected chi connectivity index (χ0v) is 14.1. The summed E-state index contributed by atoms with van der Waals surface area (Å²) in [6.45, 7) is 9.51. The SMILES string of the molecule is CC(C)COC1CC(Nc2cc(F)ccc2Br)C1(C)C. The fraction of sp³-hybridized carbons (Fsp3) is 0.625. The van der Waals surface area contributed by atoms with Crippen molar-refractivity contribution >= 4 is 21.6 Å². The van der Waals surface area contributed by atoms with Crippen molar-refractivity contribution in [2.45, 2.75) is 46.3 Å². The first-order chi connectivity index (χ1) is 9.30. The van der Waals surface area contributed by atoms with E-state index in [4.69, 9.17) is 4.74 Å². The molecular formula is C16H23BrFNO. The lowest BCUT2D eigenvalue weighted by Gasteiger charge is -2.52. The van der Waals surface area contributed by atoms with Crippen molar-refractivity contribution in [2.24, 2.45) is 11.3 Å². The Labute approximate surface area is 129 Å². The summed E-state index contributed by atoms with van der Waals surface area (Å²) in [6.07, 6.45) is 1.23. The van der Waals surface area contributed by atoms with Crippen molar-refractivity contribution in [3.63, 3.8) is 0 Å². The van der Waals surface area contributed by atoms with Crippen LogP contribution in [-0.2, 0) is 4.74 Å². The Morgan fingerprint density at radius 1 is 1.45 bits per heavy atom. The van der Waals surface area contributed by atoms with E-state index in [-0.39, 0.29) is 17.3 Å². The van der Waals surface area contributed by atoms with E-state index in [1.165, 1.54) is 12.1 Å². The number of halogens is 2. The topological polar surface area (TPSA) is 21.3 Å². The van der Waals surface area contributed by atoms with Crippen LogP contribution in [-0.4, -0.2) is 18.8 Å². The van der Waals surface area contributed by atoms with Crippen molar-refractivity contribution in [1.29, 1.82) is 0 Å². The number of hydrogen-bond donors (Lipinski definition) is 1. The van der Waals surface area contributed by atoms with Gasteiger partial charge >= 0.3 is 0 Å². The van der Waals surface area contributed by atoms with Gasteiger partial charge in [0.1, 0.15) is 5.82 Å². The zero-order chi connectivity index (χ0) is 14.9. The minimum Gasteiger partial charge on any atom is -0.381 e. The summed E-state index contributed by atoms with van der Waals surface area (Å²) in [5.41, 5.74) is 0.867. The Morgan fingerprint density at radius 3 is 2.75 bits per heavy atom. The minimum atomic E-state index is -0.222. The molecule has 2 atom stereocenters. The molecule has 0 aromatic heterocycles. The standard InChI is InChI=1S/C16H23BrFNO/c1-10(2)9-20-15-8-14(16(15,3)4)19-13-7-11(18)5-6-12(13)17/h5-7,10,14-15,19H,8-9H2,1-4H3. The van der Waals surface area contributed by atoms with Crippen LogP contribution in [0.4, 0.5) is 10.1 Å². The molecule has 112 valence electrons. The zero-order valence-electron chi connectivity index (χ0n) is 12.5. The highest BCUT2D eigenvalue weighted by Crippen LogP contribution is 2.45. The van der Waals surface area contributed by atoms with E-state index in [1.54, 1.807) is 6.07 Å². The smallest absolute Gasteiger partial charge is 0.125 e. The minimum absolute atomic E-state index is 0.0562. The third kappa shape index (κ3) is 3.34. The molecule has 0 saturated heterocycles. The molecule has 20 heavy (non-hydrogen) atoms. The highest BCUT2D eigenvalue weighted by Gasteiger charge is 2.49. The molecule has 1 aliphatic carbocycles. The first-order valence-corrected chi connectivity index (χ1v) is 7.93. The summed E-state index contributed by atoms with van der Waals surface area (Å²) in [5.74, 6) is 0.329. The second kappa shape index (κ2) is 6.02. The fourth-order valence-electron chi connectivity index (χ4n) is 2.52. The van der Waals surface area contributed by atoms with Crippen molar-refractivity contribution in [3.05, 3.63) is 28.5 Å². The maximum atomic E-state index is 13.3. The maximum absolute atomic E-state index is 13.3. The van der Waals surface area contributed by atoms with Crippen LogP contribution in [0.3, 0.4) is 0 Å². The number of ether oxygens (including phenoxy) is 1. The van der Waals surface area contributed by atoms with Gasteiger partial charge in [0.25, 0.3) is 0 Å². The van der Waals surface area contributed by atoms with Gasteiger partial charge in [-0.2, -0.15) is 0 Å². The normalized spacial score (nSPS) is 24.6. The monoisotopic (exact) mass is 343 g/mol. The van der Waals surface area contributed by atoms with Gasteiger partial charge in [-0.15, -0.1) is 0 Å². The van der Waals surface area contributed by atoms with E-state index in [0.717, 1.165) is 23.2 Å². The van der Waals surface area contributed by atoms with E-state index in [0.29, 0.717) is 12.0 Å². The van der Waals surface area contributed by atoms with Crippen molar-refractivity contribution in [2.75, 3.05) is 11.9 Å². The van der Waals surface area contributed by atoms with Gasteiger partial charge < -0.3 is 10.1 Å². The van der Waals surface area contributed by atoms with Crippen LogP contribution < -0.4 is 5.32 Å². The van der Waals surface area contributed by atoms with Crippen molar-refractivity contribution in [3.8, 4) is 0 Å². The largest absolute Gasteiger partial charge is 0.381 e. The number of hydrogen-bond acceptors (Lipinski definition) is 2. The summed E-state index contributed by atoms with van der Waals surface area (Å²) in [6, 6.07) is 5.02. The lowest BCUT2D eigenvalue weighted by molar-refractivity contribution is -0.108. The van der Waals surface area contributed by atoms with E-state index >= 15 is 0 Å². The summed E-state index contributed by atoms with van der Waals surface area (Å²) in [4.78, 5) is 0. The van der Waals surface area contributed by atoms with Crippen LogP contribution in [0.15, 0.2) is 22.7 Å². The van der Waals surface area contributed by atoms with Crippen LogP contribution in [0.2, 0.25) is 0 Å². The van der Waals surface area contributed by atoms with Crippen LogP contribution in [0, 0.1) is 17.2 Å². The van der Waals surface area contributed by atoms with E-state index < -0.39 is 0 Å². The number of rotatable bonds is 5. The predicted octanol–water partition coefficient (Wildman–Crippen LogP) is 4.84. The maximum Gasteiger partial charge on any atom is 0.125 e. The first-order valence-electron chi connectivity index (χ1n) is 7.14. The Kier molecular flexibility index (Phi) is 4.75. The average Bonchev–Trinajstić information content (AvgIpc) is 2.36. The van der Waals surface area contributed by atoms with Crippen molar-refractivity contribution in [1.82, 2.24) is 0 Å². The molecule has 1 N–H and O–H groups in total. The lowest BCUT2D eigenvalue weighted by Crippen LogP contribution is -2.58. The Morgan fingerprint density at radius 2 is 2.15 bits per heavy atom. The van der Waals surface area contributed by atoms with Gasteiger partial charge in [-0.25, -0.2) is 4.39 Å². The van der Waals surface area contributed by atoms with Crippen LogP contribution in [0.25, 0.3) is 0 Å². The molecule has 0 amide bonds. The number of nitrogens with one attached hydrogen (secondary N) is 1. The molecule has 1 aliphatic rings. The van der Waals surface area contributed by atoms with Gasteiger partial charge in [-0.1, -0.05) is 27.7 Å². The second-order valence-corrected chi connectivity index (χ2v) is 7.45. The van der Waals surface area contributed by atoms with Crippen LogP contribution >= 0.6 is 15.9 Å². The van der Waals surface area contributed by atoms with E-state index in [1.807, 2.05) is 0 Å². The highest BCUT2D eigenvalue weighted by atomic mass is 79.9. The van der Waals surface area contributed by atoms with Crippen molar-refractivity contribution < 1.29 is 9.13 Å². The van der Waals surface area contributed by atoms with Gasteiger partial charge in [-0.05, 0) is 46.5 Å². The molecule has 0 heterocycles. The van der Waals surface area contributed by atoms with E-state index in [9.17, 15) is 4.39 Å². The molecule has 1 saturated carbocycles. The molecule has 1 aromatic carbocycles. The molecule has 1 aromatic rings. The van der Waals surface area contributed by atoms with Crippen LogP contribution in [0.1, 0.15) is 34.1 Å². The number of anilines is 1. The molecule has 1 fully saturated rings. The molecule has 0 bridgehead atoms. The molecule has 4 heteroatoms. The lowest BCUT2D eigenvalue weighted by atomic mass is 9.64. The van der Waals surface area contributed by atoms with Gasteiger partial charge in [0, 0.05) is 22.5 Å². The third-order valence-corrected chi connectivity index (χ3v) is 4.76. The summed E-state index contributed by atoms with van der Waals surface area (Å²) in [7, 11) is 0. The Balaban J connectivity index is 1.97. The third-order valence-electron chi connectivity index (χ3n) is 4.07.